The minimum atomic E-state index is -1.26. The first kappa shape index (κ1) is 14.9. The third-order valence-corrected chi connectivity index (χ3v) is 5.91. The van der Waals surface area contributed by atoms with Crippen molar-refractivity contribution in [2.45, 2.75) is 19.6 Å². The van der Waals surface area contributed by atoms with Gasteiger partial charge in [-0.1, -0.05) is 42.5 Å². The lowest BCUT2D eigenvalue weighted by molar-refractivity contribution is 0.681. The normalized spacial score (nSPS) is 13.5. The molecule has 0 saturated carbocycles. The summed E-state index contributed by atoms with van der Waals surface area (Å²) in [5, 5.41) is 0. The van der Waals surface area contributed by atoms with Crippen LogP contribution in [0.4, 0.5) is 0 Å². The summed E-state index contributed by atoms with van der Waals surface area (Å²) < 4.78 is 25.1. The van der Waals surface area contributed by atoms with Crippen LogP contribution in [-0.2, 0) is 21.6 Å². The van der Waals surface area contributed by atoms with Crippen molar-refractivity contribution in [3.05, 3.63) is 84.9 Å². The Kier molecular flexibility index (Phi) is 4.61. The van der Waals surface area contributed by atoms with Gasteiger partial charge in [-0.25, -0.2) is 8.42 Å². The van der Waals surface area contributed by atoms with Gasteiger partial charge in [0.1, 0.15) is 0 Å². The highest BCUT2D eigenvalue weighted by atomic mass is 32.2. The molecule has 0 spiro atoms. The average Bonchev–Trinajstić information content (AvgIpc) is 2.62. The molecule has 0 fully saturated rings. The van der Waals surface area contributed by atoms with E-state index in [2.05, 4.69) is 0 Å². The molecule has 0 N–H and O–H groups in total. The predicted octanol–water partition coefficient (Wildman–Crippen LogP) is 4.02. The molecule has 0 aliphatic heterocycles. The maximum Gasteiger partial charge on any atom is 0.0849 e. The molecule has 0 heterocycles. The van der Waals surface area contributed by atoms with Gasteiger partial charge in [0, 0.05) is 19.6 Å². The van der Waals surface area contributed by atoms with E-state index in [1.165, 1.54) is 0 Å². The molecule has 22 heavy (non-hydrogen) atoms. The van der Waals surface area contributed by atoms with Gasteiger partial charge in [-0.3, -0.25) is 0 Å². The molecule has 110 valence electrons. The van der Waals surface area contributed by atoms with E-state index < -0.39 is 21.6 Å². The first-order valence-electron chi connectivity index (χ1n) is 6.79. The lowest BCUT2D eigenvalue weighted by atomic mass is 10.4. The Balaban J connectivity index is 1.94. The molecule has 0 aliphatic rings. The summed E-state index contributed by atoms with van der Waals surface area (Å²) in [4.78, 5) is 2.80. The largest absolute Gasteiger partial charge is 0.249 e. The summed E-state index contributed by atoms with van der Waals surface area (Å²) in [7, 11) is -2.53. The van der Waals surface area contributed by atoms with Crippen LogP contribution in [0.5, 0.6) is 0 Å². The number of benzene rings is 3. The fourth-order valence-corrected chi connectivity index (χ4v) is 4.37. The van der Waals surface area contributed by atoms with E-state index >= 15 is 0 Å². The molecule has 0 saturated heterocycles. The summed E-state index contributed by atoms with van der Waals surface area (Å²) in [6, 6.07) is 25.7. The highest BCUT2D eigenvalue weighted by Crippen LogP contribution is 2.21. The molecule has 2 unspecified atom stereocenters. The standard InChI is InChI=1S/C18H14O2S2/c19-21(15-8-3-1-4-9-15)17-12-7-13-18(14-17)22(20)16-10-5-2-6-11-16/h1-14H. The van der Waals surface area contributed by atoms with Crippen molar-refractivity contribution in [3.8, 4) is 0 Å². The van der Waals surface area contributed by atoms with E-state index in [0.29, 0.717) is 9.79 Å². The fourth-order valence-electron chi connectivity index (χ4n) is 2.07. The van der Waals surface area contributed by atoms with Gasteiger partial charge in [-0.2, -0.15) is 0 Å². The van der Waals surface area contributed by atoms with Crippen molar-refractivity contribution >= 4 is 21.6 Å². The molecular weight excluding hydrogens is 312 g/mol. The van der Waals surface area contributed by atoms with Crippen molar-refractivity contribution in [1.29, 1.82) is 0 Å². The summed E-state index contributed by atoms with van der Waals surface area (Å²) in [5.41, 5.74) is 0. The van der Waals surface area contributed by atoms with Crippen LogP contribution in [0.3, 0.4) is 0 Å². The minimum absolute atomic E-state index is 0.660. The number of hydrogen-bond donors (Lipinski definition) is 0. The molecule has 3 aromatic carbocycles. The average molecular weight is 326 g/mol. The Labute approximate surface area is 134 Å². The highest BCUT2D eigenvalue weighted by Gasteiger charge is 2.11. The van der Waals surface area contributed by atoms with Crippen molar-refractivity contribution < 1.29 is 8.42 Å². The molecule has 0 aliphatic carbocycles. The predicted molar refractivity (Wildman–Crippen MR) is 88.7 cm³/mol. The van der Waals surface area contributed by atoms with Gasteiger partial charge in [0.25, 0.3) is 0 Å². The van der Waals surface area contributed by atoms with E-state index in [9.17, 15) is 8.42 Å². The van der Waals surface area contributed by atoms with Crippen LogP contribution in [-0.4, -0.2) is 8.42 Å². The van der Waals surface area contributed by atoms with Crippen molar-refractivity contribution in [2.24, 2.45) is 0 Å². The third kappa shape index (κ3) is 3.24. The monoisotopic (exact) mass is 326 g/mol. The molecular formula is C18H14O2S2. The van der Waals surface area contributed by atoms with Gasteiger partial charge in [0.2, 0.25) is 0 Å². The van der Waals surface area contributed by atoms with Crippen LogP contribution in [0.25, 0.3) is 0 Å². The van der Waals surface area contributed by atoms with E-state index in [-0.39, 0.29) is 0 Å². The van der Waals surface area contributed by atoms with Crippen molar-refractivity contribution in [3.63, 3.8) is 0 Å². The molecule has 3 rings (SSSR count). The number of hydrogen-bond acceptors (Lipinski definition) is 2. The molecule has 2 nitrogen and oxygen atoms in total. The SMILES string of the molecule is O=S(c1ccccc1)c1cccc(S(=O)c2ccccc2)c1. The van der Waals surface area contributed by atoms with Crippen molar-refractivity contribution in [1.82, 2.24) is 0 Å². The quantitative estimate of drug-likeness (QED) is 0.726. The molecule has 3 aromatic rings. The fraction of sp³-hybridized carbons (Fsp3) is 0. The zero-order valence-electron chi connectivity index (χ0n) is 11.7. The van der Waals surface area contributed by atoms with Crippen LogP contribution in [0.15, 0.2) is 105 Å². The van der Waals surface area contributed by atoms with Gasteiger partial charge in [-0.15, -0.1) is 0 Å². The molecule has 0 bridgehead atoms. The van der Waals surface area contributed by atoms with Gasteiger partial charge >= 0.3 is 0 Å². The smallest absolute Gasteiger partial charge is 0.0849 e. The van der Waals surface area contributed by atoms with Gasteiger partial charge in [0.05, 0.1) is 21.6 Å². The second-order valence-corrected chi connectivity index (χ2v) is 7.60. The van der Waals surface area contributed by atoms with E-state index in [0.717, 1.165) is 9.79 Å². The van der Waals surface area contributed by atoms with Crippen LogP contribution < -0.4 is 0 Å². The minimum Gasteiger partial charge on any atom is -0.249 e. The van der Waals surface area contributed by atoms with E-state index in [1.807, 2.05) is 60.7 Å². The van der Waals surface area contributed by atoms with Crippen molar-refractivity contribution in [2.75, 3.05) is 0 Å². The Hall–Kier alpha value is -2.04. The summed E-state index contributed by atoms with van der Waals surface area (Å²) in [6.45, 7) is 0. The van der Waals surface area contributed by atoms with Gasteiger partial charge in [0.15, 0.2) is 0 Å². The highest BCUT2D eigenvalue weighted by molar-refractivity contribution is 7.86. The Morgan fingerprint density at radius 2 is 0.818 bits per heavy atom. The third-order valence-electron chi connectivity index (χ3n) is 3.15. The number of rotatable bonds is 4. The van der Waals surface area contributed by atoms with Crippen LogP contribution in [0, 0.1) is 0 Å². The Bertz CT molecular complexity index is 748. The Morgan fingerprint density at radius 3 is 1.23 bits per heavy atom. The first-order chi connectivity index (χ1) is 10.8. The second kappa shape index (κ2) is 6.81. The molecule has 0 aromatic heterocycles. The van der Waals surface area contributed by atoms with E-state index in [1.54, 1.807) is 24.3 Å². The molecule has 0 radical (unpaired) electrons. The maximum atomic E-state index is 12.6. The molecule has 4 heteroatoms. The maximum absolute atomic E-state index is 12.6. The van der Waals surface area contributed by atoms with Crippen LogP contribution >= 0.6 is 0 Å². The Morgan fingerprint density at radius 1 is 0.455 bits per heavy atom. The molecule has 2 atom stereocenters. The summed E-state index contributed by atoms with van der Waals surface area (Å²) in [5.74, 6) is 0. The van der Waals surface area contributed by atoms with Gasteiger partial charge in [-0.05, 0) is 42.5 Å². The summed E-state index contributed by atoms with van der Waals surface area (Å²) >= 11 is 0. The van der Waals surface area contributed by atoms with Crippen LogP contribution in [0.2, 0.25) is 0 Å². The summed E-state index contributed by atoms with van der Waals surface area (Å²) in [6.07, 6.45) is 0. The van der Waals surface area contributed by atoms with Crippen LogP contribution in [0.1, 0.15) is 0 Å². The molecule has 0 amide bonds. The second-order valence-electron chi connectivity index (χ2n) is 4.64. The van der Waals surface area contributed by atoms with E-state index in [4.69, 9.17) is 0 Å². The zero-order valence-corrected chi connectivity index (χ0v) is 13.3. The topological polar surface area (TPSA) is 34.1 Å². The zero-order chi connectivity index (χ0) is 15.4. The first-order valence-corrected chi connectivity index (χ1v) is 9.09. The lowest BCUT2D eigenvalue weighted by Gasteiger charge is -2.06. The lowest BCUT2D eigenvalue weighted by Crippen LogP contribution is -1.97. The van der Waals surface area contributed by atoms with Gasteiger partial charge < -0.3 is 0 Å².